The van der Waals surface area contributed by atoms with Crippen molar-refractivity contribution in [1.82, 2.24) is 15.6 Å². The van der Waals surface area contributed by atoms with E-state index in [0.29, 0.717) is 14.5 Å². The summed E-state index contributed by atoms with van der Waals surface area (Å²) in [6, 6.07) is 3.19. The van der Waals surface area contributed by atoms with Crippen molar-refractivity contribution in [3.05, 3.63) is 38.0 Å². The number of carbonyl (C=O) groups is 1. The standard InChI is InChI=1S/C13H12Br2N4O3.ClH/c1-6-3-8(18-17-6)13(21)19-16-5-7-4-9(22-2)12(20)11(15)10(7)14;/h3-5,20H,1-2H3,(H,17,18)(H,19,21);1H. The highest BCUT2D eigenvalue weighted by Gasteiger charge is 2.14. The van der Waals surface area contributed by atoms with Crippen LogP contribution >= 0.6 is 44.3 Å². The summed E-state index contributed by atoms with van der Waals surface area (Å²) >= 11 is 6.57. The zero-order chi connectivity index (χ0) is 16.3. The molecule has 1 aromatic carbocycles. The van der Waals surface area contributed by atoms with Crippen LogP contribution in [0.25, 0.3) is 0 Å². The van der Waals surface area contributed by atoms with Crippen LogP contribution in [0.3, 0.4) is 0 Å². The van der Waals surface area contributed by atoms with Gasteiger partial charge < -0.3 is 9.84 Å². The van der Waals surface area contributed by atoms with Crippen molar-refractivity contribution in [1.29, 1.82) is 0 Å². The Hall–Kier alpha value is -1.58. The van der Waals surface area contributed by atoms with Crippen molar-refractivity contribution < 1.29 is 14.6 Å². The van der Waals surface area contributed by atoms with Crippen LogP contribution in [0.5, 0.6) is 11.5 Å². The van der Waals surface area contributed by atoms with Crippen molar-refractivity contribution in [2.75, 3.05) is 7.11 Å². The number of carbonyl (C=O) groups excluding carboxylic acids is 1. The Labute approximate surface area is 155 Å². The van der Waals surface area contributed by atoms with Crippen LogP contribution in [-0.4, -0.2) is 34.5 Å². The maximum Gasteiger partial charge on any atom is 0.291 e. The molecular formula is C13H13Br2ClN4O3. The van der Waals surface area contributed by atoms with Crippen molar-refractivity contribution >= 4 is 56.4 Å². The molecule has 23 heavy (non-hydrogen) atoms. The predicted octanol–water partition coefficient (Wildman–Crippen LogP) is 3.14. The van der Waals surface area contributed by atoms with Gasteiger partial charge in [0.1, 0.15) is 0 Å². The van der Waals surface area contributed by atoms with Crippen LogP contribution in [0.15, 0.2) is 26.2 Å². The minimum Gasteiger partial charge on any atom is -0.503 e. The Bertz CT molecular complexity index is 749. The zero-order valence-corrected chi connectivity index (χ0v) is 16.0. The number of ether oxygens (including phenoxy) is 1. The first-order chi connectivity index (χ1) is 10.4. The molecule has 0 radical (unpaired) electrons. The number of aryl methyl sites for hydroxylation is 1. The lowest BCUT2D eigenvalue weighted by molar-refractivity contribution is 0.0950. The molecule has 0 fully saturated rings. The number of methoxy groups -OCH3 is 1. The summed E-state index contributed by atoms with van der Waals surface area (Å²) in [4.78, 5) is 11.8. The largest absolute Gasteiger partial charge is 0.503 e. The number of halogens is 3. The fourth-order valence-electron chi connectivity index (χ4n) is 1.61. The number of rotatable bonds is 4. The average Bonchev–Trinajstić information content (AvgIpc) is 2.93. The number of nitrogens with zero attached hydrogens (tertiary/aromatic N) is 2. The number of phenols is 1. The number of amides is 1. The fraction of sp³-hybridized carbons (Fsp3) is 0.154. The highest BCUT2D eigenvalue weighted by atomic mass is 79.9. The highest BCUT2D eigenvalue weighted by molar-refractivity contribution is 9.13. The predicted molar refractivity (Wildman–Crippen MR) is 95.7 cm³/mol. The molecule has 0 saturated carbocycles. The molecule has 2 rings (SSSR count). The fourth-order valence-corrected chi connectivity index (χ4v) is 2.44. The quantitative estimate of drug-likeness (QED) is 0.474. The minimum atomic E-state index is -0.429. The highest BCUT2D eigenvalue weighted by Crippen LogP contribution is 2.41. The summed E-state index contributed by atoms with van der Waals surface area (Å²) in [6.45, 7) is 1.80. The first kappa shape index (κ1) is 19.5. The van der Waals surface area contributed by atoms with Crippen molar-refractivity contribution in [3.63, 3.8) is 0 Å². The third-order valence-electron chi connectivity index (χ3n) is 2.70. The van der Waals surface area contributed by atoms with Crippen LogP contribution in [-0.2, 0) is 0 Å². The molecule has 0 atom stereocenters. The van der Waals surface area contributed by atoms with Gasteiger partial charge in [-0.1, -0.05) is 0 Å². The number of aromatic nitrogens is 2. The average molecular weight is 469 g/mol. The Morgan fingerprint density at radius 1 is 1.43 bits per heavy atom. The SMILES string of the molecule is COc1cc(C=NNC(=O)c2cc(C)[nH]n2)c(Br)c(Br)c1O.Cl. The number of aromatic amines is 1. The van der Waals surface area contributed by atoms with Crippen LogP contribution in [0, 0.1) is 6.92 Å². The van der Waals surface area contributed by atoms with Crippen molar-refractivity contribution in [3.8, 4) is 11.5 Å². The van der Waals surface area contributed by atoms with Gasteiger partial charge in [0.2, 0.25) is 0 Å². The van der Waals surface area contributed by atoms with E-state index in [-0.39, 0.29) is 29.6 Å². The second kappa shape index (κ2) is 8.32. The molecule has 0 aliphatic carbocycles. The van der Waals surface area contributed by atoms with Gasteiger partial charge in [0.15, 0.2) is 17.2 Å². The number of H-pyrrole nitrogens is 1. The molecule has 1 heterocycles. The Morgan fingerprint density at radius 3 is 2.70 bits per heavy atom. The summed E-state index contributed by atoms with van der Waals surface area (Å²) in [5.41, 5.74) is 4.01. The van der Waals surface area contributed by atoms with Gasteiger partial charge in [-0.2, -0.15) is 10.2 Å². The van der Waals surface area contributed by atoms with Gasteiger partial charge in [-0.15, -0.1) is 12.4 Å². The topological polar surface area (TPSA) is 99.6 Å². The third kappa shape index (κ3) is 4.46. The van der Waals surface area contributed by atoms with Crippen LogP contribution in [0.2, 0.25) is 0 Å². The van der Waals surface area contributed by atoms with Crippen LogP contribution < -0.4 is 10.2 Å². The number of benzene rings is 1. The summed E-state index contributed by atoms with van der Waals surface area (Å²) in [5.74, 6) is -0.171. The molecular weight excluding hydrogens is 455 g/mol. The summed E-state index contributed by atoms with van der Waals surface area (Å²) in [5, 5.41) is 20.2. The molecule has 124 valence electrons. The number of hydrazone groups is 1. The van der Waals surface area contributed by atoms with Crippen molar-refractivity contribution in [2.24, 2.45) is 5.10 Å². The molecule has 3 N–H and O–H groups in total. The van der Waals surface area contributed by atoms with Crippen molar-refractivity contribution in [2.45, 2.75) is 6.92 Å². The number of phenolic OH excluding ortho intramolecular Hbond substituents is 1. The van der Waals surface area contributed by atoms with Gasteiger partial charge in [0.25, 0.3) is 5.91 Å². The van der Waals surface area contributed by atoms with Crippen LogP contribution in [0.4, 0.5) is 0 Å². The molecule has 1 amide bonds. The maximum absolute atomic E-state index is 11.8. The lowest BCUT2D eigenvalue weighted by Crippen LogP contribution is -2.18. The normalized spacial score (nSPS) is 10.4. The van der Waals surface area contributed by atoms with Gasteiger partial charge in [0, 0.05) is 15.7 Å². The van der Waals surface area contributed by atoms with E-state index in [0.717, 1.165) is 5.69 Å². The van der Waals surface area contributed by atoms with E-state index in [9.17, 15) is 9.90 Å². The summed E-state index contributed by atoms with van der Waals surface area (Å²) in [6.07, 6.45) is 1.42. The van der Waals surface area contributed by atoms with E-state index in [2.05, 4.69) is 52.6 Å². The van der Waals surface area contributed by atoms with Gasteiger partial charge in [0.05, 0.1) is 17.8 Å². The Kier molecular flexibility index (Phi) is 7.04. The molecule has 0 aliphatic rings. The minimum absolute atomic E-state index is 0. The Balaban J connectivity index is 0.00000264. The van der Waals surface area contributed by atoms with Gasteiger partial charge in [-0.05, 0) is 50.9 Å². The number of hydrogen-bond donors (Lipinski definition) is 3. The first-order valence-corrected chi connectivity index (χ1v) is 7.63. The molecule has 0 saturated heterocycles. The number of aromatic hydroxyl groups is 1. The van der Waals surface area contributed by atoms with Gasteiger partial charge in [-0.3, -0.25) is 9.89 Å². The van der Waals surface area contributed by atoms with E-state index in [1.54, 1.807) is 19.1 Å². The molecule has 1 aromatic heterocycles. The van der Waals surface area contributed by atoms with E-state index < -0.39 is 5.91 Å². The molecule has 2 aromatic rings. The molecule has 10 heteroatoms. The number of nitrogens with one attached hydrogen (secondary N) is 2. The molecule has 0 spiro atoms. The second-order valence-corrected chi connectivity index (χ2v) is 5.87. The van der Waals surface area contributed by atoms with E-state index in [4.69, 9.17) is 4.74 Å². The first-order valence-electron chi connectivity index (χ1n) is 6.04. The summed E-state index contributed by atoms with van der Waals surface area (Å²) in [7, 11) is 1.44. The molecule has 0 unspecified atom stereocenters. The van der Waals surface area contributed by atoms with Gasteiger partial charge in [-0.25, -0.2) is 5.43 Å². The Morgan fingerprint density at radius 2 is 2.13 bits per heavy atom. The molecule has 7 nitrogen and oxygen atoms in total. The monoisotopic (exact) mass is 466 g/mol. The van der Waals surface area contributed by atoms with E-state index in [1.165, 1.54) is 13.3 Å². The van der Waals surface area contributed by atoms with E-state index >= 15 is 0 Å². The zero-order valence-electron chi connectivity index (χ0n) is 12.1. The lowest BCUT2D eigenvalue weighted by Gasteiger charge is -2.09. The summed E-state index contributed by atoms with van der Waals surface area (Å²) < 4.78 is 6.07. The van der Waals surface area contributed by atoms with Gasteiger partial charge >= 0.3 is 0 Å². The molecule has 0 bridgehead atoms. The van der Waals surface area contributed by atoms with Crippen LogP contribution in [0.1, 0.15) is 21.7 Å². The maximum atomic E-state index is 11.8. The van der Waals surface area contributed by atoms with E-state index in [1.807, 2.05) is 0 Å². The second-order valence-electron chi connectivity index (χ2n) is 4.28. The smallest absolute Gasteiger partial charge is 0.291 e. The molecule has 0 aliphatic heterocycles. The number of hydrogen-bond acceptors (Lipinski definition) is 5. The third-order valence-corrected chi connectivity index (χ3v) is 4.86. The lowest BCUT2D eigenvalue weighted by atomic mass is 10.2.